The Morgan fingerprint density at radius 1 is 1.26 bits per heavy atom. The molecule has 3 heterocycles. The number of hydrogen-bond acceptors (Lipinski definition) is 3. The third kappa shape index (κ3) is 2.26. The maximum Gasteiger partial charge on any atom is 0.260 e. The fraction of sp³-hybridized carbons (Fsp3) is 0.0588. The van der Waals surface area contributed by atoms with E-state index in [9.17, 15) is 4.79 Å². The zero-order valence-electron chi connectivity index (χ0n) is 12.2. The highest BCUT2D eigenvalue weighted by molar-refractivity contribution is 6.31. The molecule has 0 aliphatic carbocycles. The Kier molecular flexibility index (Phi) is 3.09. The van der Waals surface area contributed by atoms with Crippen LogP contribution in [0.4, 0.5) is 0 Å². The highest BCUT2D eigenvalue weighted by atomic mass is 35.5. The van der Waals surface area contributed by atoms with Gasteiger partial charge in [0.15, 0.2) is 5.89 Å². The van der Waals surface area contributed by atoms with Gasteiger partial charge in [-0.3, -0.25) is 4.79 Å². The van der Waals surface area contributed by atoms with E-state index in [4.69, 9.17) is 16.0 Å². The van der Waals surface area contributed by atoms with Crippen molar-refractivity contribution in [3.8, 4) is 16.9 Å². The molecule has 3 aromatic heterocycles. The minimum atomic E-state index is -0.225. The van der Waals surface area contributed by atoms with Gasteiger partial charge in [0.2, 0.25) is 0 Å². The lowest BCUT2D eigenvalue weighted by Gasteiger charge is -2.12. The molecule has 0 fully saturated rings. The molecular formula is C17H12ClN3O2. The maximum absolute atomic E-state index is 12.7. The van der Waals surface area contributed by atoms with E-state index in [2.05, 4.69) is 9.97 Å². The van der Waals surface area contributed by atoms with E-state index in [1.54, 1.807) is 19.1 Å². The van der Waals surface area contributed by atoms with E-state index in [1.165, 1.54) is 6.26 Å². The van der Waals surface area contributed by atoms with Gasteiger partial charge in [0.1, 0.15) is 12.0 Å². The molecule has 0 spiro atoms. The number of nitrogens with one attached hydrogen (secondary N) is 1. The molecule has 0 bridgehead atoms. The molecule has 0 amide bonds. The predicted octanol–water partition coefficient (Wildman–Crippen LogP) is 3.94. The smallest absolute Gasteiger partial charge is 0.260 e. The third-order valence-corrected chi connectivity index (χ3v) is 3.92. The van der Waals surface area contributed by atoms with E-state index >= 15 is 0 Å². The summed E-state index contributed by atoms with van der Waals surface area (Å²) in [6, 6.07) is 9.17. The van der Waals surface area contributed by atoms with E-state index in [0.717, 1.165) is 11.1 Å². The molecule has 0 radical (unpaired) electrons. The Morgan fingerprint density at radius 3 is 2.74 bits per heavy atom. The van der Waals surface area contributed by atoms with Gasteiger partial charge in [0.25, 0.3) is 5.56 Å². The molecule has 6 heteroatoms. The SMILES string of the molecule is Cc1nc(-c2c(-n3cccc3)c3cc(Cl)ccc3[nH]c2=O)co1. The number of aromatic nitrogens is 3. The minimum absolute atomic E-state index is 0.225. The maximum atomic E-state index is 12.7. The fourth-order valence-electron chi connectivity index (χ4n) is 2.72. The van der Waals surface area contributed by atoms with Crippen molar-refractivity contribution in [3.05, 3.63) is 70.3 Å². The number of nitrogens with zero attached hydrogens (tertiary/aromatic N) is 2. The topological polar surface area (TPSA) is 63.8 Å². The molecular weight excluding hydrogens is 314 g/mol. The summed E-state index contributed by atoms with van der Waals surface area (Å²) in [5, 5.41) is 1.43. The molecule has 0 saturated carbocycles. The van der Waals surface area contributed by atoms with Gasteiger partial charge in [0.05, 0.1) is 16.8 Å². The number of fused-ring (bicyclic) bond motifs is 1. The van der Waals surface area contributed by atoms with Crippen LogP contribution in [-0.2, 0) is 0 Å². The lowest BCUT2D eigenvalue weighted by atomic mass is 10.1. The molecule has 0 saturated heterocycles. The van der Waals surface area contributed by atoms with Gasteiger partial charge in [-0.25, -0.2) is 4.98 Å². The van der Waals surface area contributed by atoms with Gasteiger partial charge in [-0.1, -0.05) is 11.6 Å². The minimum Gasteiger partial charge on any atom is -0.449 e. The number of aryl methyl sites for hydroxylation is 1. The van der Waals surface area contributed by atoms with Crippen molar-refractivity contribution >= 4 is 22.5 Å². The fourth-order valence-corrected chi connectivity index (χ4v) is 2.89. The van der Waals surface area contributed by atoms with Gasteiger partial charge < -0.3 is 14.0 Å². The molecule has 4 aromatic rings. The van der Waals surface area contributed by atoms with E-state index in [1.807, 2.05) is 35.2 Å². The summed E-state index contributed by atoms with van der Waals surface area (Å²) >= 11 is 6.16. The first-order valence-electron chi connectivity index (χ1n) is 7.05. The van der Waals surface area contributed by atoms with Crippen molar-refractivity contribution in [3.63, 3.8) is 0 Å². The zero-order valence-corrected chi connectivity index (χ0v) is 13.0. The van der Waals surface area contributed by atoms with Crippen molar-refractivity contribution < 1.29 is 4.42 Å². The molecule has 0 unspecified atom stereocenters. The first-order chi connectivity index (χ1) is 11.1. The molecule has 5 nitrogen and oxygen atoms in total. The normalized spacial score (nSPS) is 11.2. The molecule has 0 aliphatic heterocycles. The Hall–Kier alpha value is -2.79. The molecule has 0 atom stereocenters. The first-order valence-corrected chi connectivity index (χ1v) is 7.42. The zero-order chi connectivity index (χ0) is 16.0. The quantitative estimate of drug-likeness (QED) is 0.607. The van der Waals surface area contributed by atoms with Crippen LogP contribution in [0.1, 0.15) is 5.89 Å². The van der Waals surface area contributed by atoms with Crippen molar-refractivity contribution in [1.29, 1.82) is 0 Å². The van der Waals surface area contributed by atoms with Gasteiger partial charge in [0, 0.05) is 29.7 Å². The summed E-state index contributed by atoms with van der Waals surface area (Å²) in [7, 11) is 0. The standard InChI is InChI=1S/C17H12ClN3O2/c1-10-19-14(9-23-10)15-16(21-6-2-3-7-21)12-8-11(18)4-5-13(12)20-17(15)22/h2-9H,1H3,(H,20,22). The number of rotatable bonds is 2. The molecule has 114 valence electrons. The van der Waals surface area contributed by atoms with Crippen LogP contribution in [0, 0.1) is 6.92 Å². The molecule has 1 N–H and O–H groups in total. The molecule has 0 aliphatic rings. The van der Waals surface area contributed by atoms with Crippen molar-refractivity contribution in [2.75, 3.05) is 0 Å². The lowest BCUT2D eigenvalue weighted by molar-refractivity contribution is 0.521. The number of oxazole rings is 1. The van der Waals surface area contributed by atoms with E-state index < -0.39 is 0 Å². The van der Waals surface area contributed by atoms with Crippen molar-refractivity contribution in [2.45, 2.75) is 6.92 Å². The van der Waals surface area contributed by atoms with Gasteiger partial charge >= 0.3 is 0 Å². The summed E-state index contributed by atoms with van der Waals surface area (Å²) in [5.74, 6) is 0.504. The van der Waals surface area contributed by atoms with Crippen LogP contribution in [0.3, 0.4) is 0 Å². The van der Waals surface area contributed by atoms with Crippen LogP contribution in [0.5, 0.6) is 0 Å². The molecule has 23 heavy (non-hydrogen) atoms. The molecule has 1 aromatic carbocycles. The average Bonchev–Trinajstić information content (AvgIpc) is 3.18. The van der Waals surface area contributed by atoms with Gasteiger partial charge in [-0.2, -0.15) is 0 Å². The van der Waals surface area contributed by atoms with Crippen molar-refractivity contribution in [1.82, 2.24) is 14.5 Å². The van der Waals surface area contributed by atoms with Crippen LogP contribution in [0.25, 0.3) is 27.8 Å². The highest BCUT2D eigenvalue weighted by Crippen LogP contribution is 2.30. The van der Waals surface area contributed by atoms with E-state index in [-0.39, 0.29) is 5.56 Å². The van der Waals surface area contributed by atoms with Crippen LogP contribution in [0.2, 0.25) is 5.02 Å². The highest BCUT2D eigenvalue weighted by Gasteiger charge is 2.18. The Bertz CT molecular complexity index is 1060. The van der Waals surface area contributed by atoms with Crippen LogP contribution in [-0.4, -0.2) is 14.5 Å². The second-order valence-electron chi connectivity index (χ2n) is 5.21. The second kappa shape index (κ2) is 5.14. The third-order valence-electron chi connectivity index (χ3n) is 3.69. The summed E-state index contributed by atoms with van der Waals surface area (Å²) < 4.78 is 7.17. The number of aromatic amines is 1. The molecule has 4 rings (SSSR count). The predicted molar refractivity (Wildman–Crippen MR) is 89.1 cm³/mol. The number of halogens is 1. The summed E-state index contributed by atoms with van der Waals surface area (Å²) in [4.78, 5) is 19.9. The number of H-pyrrole nitrogens is 1. The van der Waals surface area contributed by atoms with Crippen LogP contribution in [0.15, 0.2) is 58.2 Å². The van der Waals surface area contributed by atoms with Crippen LogP contribution >= 0.6 is 11.6 Å². The number of pyridine rings is 1. The van der Waals surface area contributed by atoms with Crippen LogP contribution < -0.4 is 5.56 Å². The Balaban J connectivity index is 2.19. The summed E-state index contributed by atoms with van der Waals surface area (Å²) in [6.45, 7) is 1.74. The summed E-state index contributed by atoms with van der Waals surface area (Å²) in [5.41, 5.74) is 2.16. The van der Waals surface area contributed by atoms with Gasteiger partial charge in [-0.15, -0.1) is 0 Å². The lowest BCUT2D eigenvalue weighted by Crippen LogP contribution is -2.14. The average molecular weight is 326 g/mol. The second-order valence-corrected chi connectivity index (χ2v) is 5.65. The number of hydrogen-bond donors (Lipinski definition) is 1. The van der Waals surface area contributed by atoms with Crippen molar-refractivity contribution in [2.24, 2.45) is 0 Å². The van der Waals surface area contributed by atoms with Gasteiger partial charge in [-0.05, 0) is 30.3 Å². The summed E-state index contributed by atoms with van der Waals surface area (Å²) in [6.07, 6.45) is 5.25. The monoisotopic (exact) mass is 325 g/mol. The Labute approximate surface area is 136 Å². The largest absolute Gasteiger partial charge is 0.449 e. The number of benzene rings is 1. The first kappa shape index (κ1) is 13.8. The van der Waals surface area contributed by atoms with E-state index in [0.29, 0.717) is 27.7 Å². The Morgan fingerprint density at radius 2 is 2.04 bits per heavy atom.